The lowest BCUT2D eigenvalue weighted by atomic mass is 10.0. The normalized spacial score (nSPS) is 11.0. The summed E-state index contributed by atoms with van der Waals surface area (Å²) in [6.45, 7) is 1.55. The van der Waals surface area contributed by atoms with Gasteiger partial charge in [-0.05, 0) is 36.8 Å². The van der Waals surface area contributed by atoms with Crippen LogP contribution in [0.3, 0.4) is 0 Å². The van der Waals surface area contributed by atoms with Crippen molar-refractivity contribution >= 4 is 34.5 Å². The zero-order valence-electron chi connectivity index (χ0n) is 13.4. The number of halogens is 4. The molecule has 1 amide bonds. The van der Waals surface area contributed by atoms with Crippen molar-refractivity contribution < 1.29 is 18.0 Å². The summed E-state index contributed by atoms with van der Waals surface area (Å²) in [4.78, 5) is 16.1. The van der Waals surface area contributed by atoms with E-state index in [0.717, 1.165) is 11.3 Å². The van der Waals surface area contributed by atoms with Crippen molar-refractivity contribution in [2.24, 2.45) is 0 Å². The molecule has 1 heterocycles. The summed E-state index contributed by atoms with van der Waals surface area (Å²) in [5.74, 6) is -1.15. The Hall–Kier alpha value is -2.38. The number of nitrogens with one attached hydrogen (secondary N) is 1. The van der Waals surface area contributed by atoms with Gasteiger partial charge in [0.05, 0.1) is 10.7 Å². The monoisotopic (exact) mass is 396 g/mol. The summed E-state index contributed by atoms with van der Waals surface area (Å²) in [7, 11) is 0. The number of amides is 1. The third kappa shape index (κ3) is 3.89. The quantitative estimate of drug-likeness (QED) is 0.578. The fraction of sp³-hybridized carbons (Fsp3) is 0.111. The molecule has 0 spiro atoms. The zero-order chi connectivity index (χ0) is 18.8. The molecule has 0 aliphatic rings. The Labute approximate surface area is 156 Å². The van der Waals surface area contributed by atoms with E-state index in [9.17, 15) is 18.0 Å². The molecule has 3 nitrogen and oxygen atoms in total. The van der Waals surface area contributed by atoms with Crippen molar-refractivity contribution in [1.29, 1.82) is 0 Å². The molecule has 0 atom stereocenters. The molecule has 2 aromatic carbocycles. The molecule has 0 aliphatic heterocycles. The molecule has 134 valence electrons. The molecule has 0 saturated heterocycles. The molecule has 3 aromatic rings. The number of alkyl halides is 2. The van der Waals surface area contributed by atoms with Gasteiger partial charge in [-0.15, -0.1) is 11.3 Å². The highest BCUT2D eigenvalue weighted by Gasteiger charge is 2.24. The van der Waals surface area contributed by atoms with Crippen LogP contribution < -0.4 is 5.32 Å². The summed E-state index contributed by atoms with van der Waals surface area (Å²) < 4.78 is 39.7. The number of aromatic nitrogens is 1. The third-order valence-corrected chi connectivity index (χ3v) is 4.76. The van der Waals surface area contributed by atoms with Crippen LogP contribution in [0.5, 0.6) is 0 Å². The summed E-state index contributed by atoms with van der Waals surface area (Å²) in [6, 6.07) is 10.5. The molecule has 0 saturated carbocycles. The van der Waals surface area contributed by atoms with Crippen LogP contribution in [0.25, 0.3) is 11.1 Å². The average molecular weight is 397 g/mol. The topological polar surface area (TPSA) is 42.0 Å². The smallest absolute Gasteiger partial charge is 0.282 e. The van der Waals surface area contributed by atoms with Gasteiger partial charge in [0.15, 0.2) is 0 Å². The minimum absolute atomic E-state index is 0.164. The van der Waals surface area contributed by atoms with Gasteiger partial charge in [0, 0.05) is 10.6 Å². The van der Waals surface area contributed by atoms with Gasteiger partial charge in [0.1, 0.15) is 16.4 Å². The van der Waals surface area contributed by atoms with E-state index in [4.69, 9.17) is 11.6 Å². The van der Waals surface area contributed by atoms with Crippen molar-refractivity contribution in [3.63, 3.8) is 0 Å². The zero-order valence-corrected chi connectivity index (χ0v) is 15.0. The van der Waals surface area contributed by atoms with Gasteiger partial charge in [-0.3, -0.25) is 4.79 Å². The number of aryl methyl sites for hydroxylation is 1. The number of anilines is 1. The van der Waals surface area contributed by atoms with E-state index in [1.165, 1.54) is 24.3 Å². The highest BCUT2D eigenvalue weighted by molar-refractivity contribution is 7.13. The number of benzene rings is 2. The van der Waals surface area contributed by atoms with E-state index in [2.05, 4.69) is 10.3 Å². The summed E-state index contributed by atoms with van der Waals surface area (Å²) in [5, 5.41) is 3.29. The van der Waals surface area contributed by atoms with Crippen LogP contribution in [0.4, 0.5) is 18.9 Å². The van der Waals surface area contributed by atoms with Crippen LogP contribution in [-0.4, -0.2) is 10.9 Å². The second kappa shape index (κ2) is 7.47. The van der Waals surface area contributed by atoms with Crippen molar-refractivity contribution in [3.05, 3.63) is 68.9 Å². The van der Waals surface area contributed by atoms with Gasteiger partial charge in [-0.2, -0.15) is 0 Å². The van der Waals surface area contributed by atoms with E-state index in [0.29, 0.717) is 26.8 Å². The van der Waals surface area contributed by atoms with E-state index in [1.807, 2.05) is 0 Å². The van der Waals surface area contributed by atoms with E-state index < -0.39 is 23.8 Å². The Morgan fingerprint density at radius 2 is 2.00 bits per heavy atom. The van der Waals surface area contributed by atoms with Gasteiger partial charge in [0.2, 0.25) is 0 Å². The first-order valence-electron chi connectivity index (χ1n) is 7.47. The minimum atomic E-state index is -2.86. The second-order valence-electron chi connectivity index (χ2n) is 5.40. The van der Waals surface area contributed by atoms with Gasteiger partial charge in [-0.25, -0.2) is 18.2 Å². The number of nitrogens with zero attached hydrogens (tertiary/aromatic N) is 1. The highest BCUT2D eigenvalue weighted by Crippen LogP contribution is 2.33. The minimum Gasteiger partial charge on any atom is -0.321 e. The van der Waals surface area contributed by atoms with Gasteiger partial charge < -0.3 is 5.32 Å². The third-order valence-electron chi connectivity index (χ3n) is 3.54. The van der Waals surface area contributed by atoms with Crippen LogP contribution in [-0.2, 0) is 0 Å². The predicted molar refractivity (Wildman–Crippen MR) is 96.6 cm³/mol. The fourth-order valence-electron chi connectivity index (χ4n) is 2.46. The molecule has 1 N–H and O–H groups in total. The number of hydrogen-bond acceptors (Lipinski definition) is 3. The molecule has 0 fully saturated rings. The number of hydrogen-bond donors (Lipinski definition) is 1. The van der Waals surface area contributed by atoms with E-state index in [1.54, 1.807) is 25.1 Å². The van der Waals surface area contributed by atoms with Gasteiger partial charge in [0.25, 0.3) is 12.3 Å². The highest BCUT2D eigenvalue weighted by atomic mass is 35.5. The standard InChI is InChI=1S/C18H12ClF3N2OS/c1-9-23-15(17(21)22)16(26-9)18(25)24-14-8-11(19)5-6-13(14)10-3-2-4-12(20)7-10/h2-8,17H,1H3,(H,24,25). The molecule has 26 heavy (non-hydrogen) atoms. The molecule has 1 aromatic heterocycles. The SMILES string of the molecule is Cc1nc(C(F)F)c(C(=O)Nc2cc(Cl)ccc2-c2cccc(F)c2)s1. The predicted octanol–water partition coefficient (Wildman–Crippen LogP) is 6.10. The average Bonchev–Trinajstić information content (AvgIpc) is 2.97. The molecular formula is C18H12ClF3N2OS. The van der Waals surface area contributed by atoms with E-state index in [-0.39, 0.29) is 4.88 Å². The fourth-order valence-corrected chi connectivity index (χ4v) is 3.46. The van der Waals surface area contributed by atoms with Crippen LogP contribution in [0.2, 0.25) is 5.02 Å². The second-order valence-corrected chi connectivity index (χ2v) is 7.04. The Morgan fingerprint density at radius 3 is 2.69 bits per heavy atom. The Kier molecular flexibility index (Phi) is 5.29. The van der Waals surface area contributed by atoms with Crippen LogP contribution in [0.15, 0.2) is 42.5 Å². The lowest BCUT2D eigenvalue weighted by molar-refractivity contribution is 0.101. The number of carbonyl (C=O) groups is 1. The summed E-state index contributed by atoms with van der Waals surface area (Å²) in [6.07, 6.45) is -2.86. The number of carbonyl (C=O) groups excluding carboxylic acids is 1. The van der Waals surface area contributed by atoms with Crippen LogP contribution in [0, 0.1) is 12.7 Å². The van der Waals surface area contributed by atoms with Gasteiger partial charge >= 0.3 is 0 Å². The first-order valence-corrected chi connectivity index (χ1v) is 8.67. The van der Waals surface area contributed by atoms with Crippen LogP contribution >= 0.6 is 22.9 Å². The lowest BCUT2D eigenvalue weighted by Crippen LogP contribution is -2.13. The number of thiazole rings is 1. The number of rotatable bonds is 4. The summed E-state index contributed by atoms with van der Waals surface area (Å²) >= 11 is 6.88. The molecule has 0 bridgehead atoms. The summed E-state index contributed by atoms with van der Waals surface area (Å²) in [5.41, 5.74) is 0.771. The molecule has 8 heteroatoms. The van der Waals surface area contributed by atoms with E-state index >= 15 is 0 Å². The van der Waals surface area contributed by atoms with Crippen molar-refractivity contribution in [3.8, 4) is 11.1 Å². The maximum atomic E-state index is 13.5. The van der Waals surface area contributed by atoms with Crippen LogP contribution in [0.1, 0.15) is 26.8 Å². The Balaban J connectivity index is 2.00. The first-order chi connectivity index (χ1) is 12.3. The molecular weight excluding hydrogens is 385 g/mol. The maximum Gasteiger partial charge on any atom is 0.282 e. The molecule has 0 unspecified atom stereocenters. The Morgan fingerprint density at radius 1 is 1.23 bits per heavy atom. The lowest BCUT2D eigenvalue weighted by Gasteiger charge is -2.12. The maximum absolute atomic E-state index is 13.5. The first kappa shape index (κ1) is 18.4. The largest absolute Gasteiger partial charge is 0.321 e. The molecule has 0 aliphatic carbocycles. The Bertz CT molecular complexity index is 975. The van der Waals surface area contributed by atoms with Crippen molar-refractivity contribution in [2.75, 3.05) is 5.32 Å². The van der Waals surface area contributed by atoms with Crippen molar-refractivity contribution in [2.45, 2.75) is 13.3 Å². The van der Waals surface area contributed by atoms with Gasteiger partial charge in [-0.1, -0.05) is 29.8 Å². The molecule has 0 radical (unpaired) electrons. The van der Waals surface area contributed by atoms with Crippen molar-refractivity contribution in [1.82, 2.24) is 4.98 Å². The molecule has 3 rings (SSSR count).